The van der Waals surface area contributed by atoms with Crippen LogP contribution in [0, 0.1) is 5.82 Å². The quantitative estimate of drug-likeness (QED) is 0.352. The first kappa shape index (κ1) is 30.3. The number of nitrogens with zero attached hydrogens (tertiary/aromatic N) is 4. The molecule has 1 N–H and O–H groups in total. The summed E-state index contributed by atoms with van der Waals surface area (Å²) >= 11 is 0. The second-order valence-corrected chi connectivity index (χ2v) is 10.6. The highest BCUT2D eigenvalue weighted by Crippen LogP contribution is 2.39. The summed E-state index contributed by atoms with van der Waals surface area (Å²) in [7, 11) is 0. The van der Waals surface area contributed by atoms with Gasteiger partial charge in [-0.05, 0) is 43.1 Å². The molecule has 1 saturated heterocycles. The Morgan fingerprint density at radius 2 is 1.74 bits per heavy atom. The van der Waals surface area contributed by atoms with Crippen molar-refractivity contribution in [1.82, 2.24) is 24.8 Å². The molecule has 1 spiro atoms. The molecule has 10 heteroatoms. The van der Waals surface area contributed by atoms with E-state index in [0.29, 0.717) is 54.3 Å². The van der Waals surface area contributed by atoms with Crippen molar-refractivity contribution in [2.45, 2.75) is 45.2 Å². The number of carbonyl (C=O) groups is 1. The number of halogens is 1. The Bertz CT molecular complexity index is 1620. The predicted octanol–water partition coefficient (Wildman–Crippen LogP) is 4.36. The molecule has 6 heterocycles. The largest absolute Gasteiger partial charge is 0.486 e. The fraction of sp³-hybridized carbons (Fsp3) is 0.394. The van der Waals surface area contributed by atoms with Gasteiger partial charge in [0.05, 0.1) is 23.4 Å². The van der Waals surface area contributed by atoms with Gasteiger partial charge in [-0.1, -0.05) is 38.1 Å². The fourth-order valence-corrected chi connectivity index (χ4v) is 6.02. The molecule has 3 aromatic heterocycles. The number of piperidine rings is 1. The Morgan fingerprint density at radius 1 is 0.977 bits per heavy atom. The van der Waals surface area contributed by atoms with E-state index in [4.69, 9.17) is 9.47 Å². The van der Waals surface area contributed by atoms with E-state index in [0.717, 1.165) is 45.6 Å². The van der Waals surface area contributed by atoms with E-state index in [2.05, 4.69) is 44.5 Å². The Morgan fingerprint density at radius 3 is 2.53 bits per heavy atom. The predicted molar refractivity (Wildman–Crippen MR) is 163 cm³/mol. The molecular formula is C33H38FN5O4. The van der Waals surface area contributed by atoms with Crippen LogP contribution in [-0.2, 0) is 18.5 Å². The third kappa shape index (κ3) is 6.76. The number of nitrogens with one attached hydrogen (secondary N) is 1. The molecule has 0 unspecified atom stereocenters. The molecule has 0 aliphatic carbocycles. The monoisotopic (exact) mass is 587 g/mol. The third-order valence-corrected chi connectivity index (χ3v) is 8.20. The number of fused-ring (bicyclic) bond motifs is 4. The lowest BCUT2D eigenvalue weighted by Gasteiger charge is -2.45. The minimum absolute atomic E-state index is 0.108. The van der Waals surface area contributed by atoms with Gasteiger partial charge in [0.25, 0.3) is 5.56 Å². The summed E-state index contributed by atoms with van der Waals surface area (Å²) in [6.45, 7) is 10.4. The molecule has 0 saturated carbocycles. The Labute approximate surface area is 250 Å². The maximum absolute atomic E-state index is 13.7. The topological polar surface area (TPSA) is 98.6 Å². The normalized spacial score (nSPS) is 16.7. The number of ether oxygens (including phenoxy) is 2. The SMILES string of the molecule is CC.O=Cc1cc2c(cn1)OCCO2.O=c1ccc2ncc(F)cc2n1CCN1CCC2(CC1)CNCc1ccccc12. The number of pyridine rings is 3. The first-order valence-corrected chi connectivity index (χ1v) is 14.9. The second-order valence-electron chi connectivity index (χ2n) is 10.6. The van der Waals surface area contributed by atoms with E-state index < -0.39 is 5.82 Å². The van der Waals surface area contributed by atoms with Gasteiger partial charge in [0, 0.05) is 49.8 Å². The maximum atomic E-state index is 13.7. The van der Waals surface area contributed by atoms with Gasteiger partial charge >= 0.3 is 0 Å². The maximum Gasteiger partial charge on any atom is 0.251 e. The minimum Gasteiger partial charge on any atom is -0.486 e. The van der Waals surface area contributed by atoms with Crippen LogP contribution in [0.2, 0.25) is 0 Å². The van der Waals surface area contributed by atoms with E-state index in [9.17, 15) is 14.0 Å². The molecule has 226 valence electrons. The Hall–Kier alpha value is -4.15. The van der Waals surface area contributed by atoms with E-state index in [1.54, 1.807) is 16.7 Å². The molecule has 9 nitrogen and oxygen atoms in total. The van der Waals surface area contributed by atoms with Crippen LogP contribution >= 0.6 is 0 Å². The summed E-state index contributed by atoms with van der Waals surface area (Å²) in [5, 5.41) is 3.60. The smallest absolute Gasteiger partial charge is 0.251 e. The lowest BCUT2D eigenvalue weighted by atomic mass is 9.69. The molecule has 0 radical (unpaired) electrons. The first-order valence-electron chi connectivity index (χ1n) is 14.9. The summed E-state index contributed by atoms with van der Waals surface area (Å²) in [5.74, 6) is 0.783. The molecule has 3 aliphatic heterocycles. The van der Waals surface area contributed by atoms with Gasteiger partial charge in [-0.25, -0.2) is 9.37 Å². The van der Waals surface area contributed by atoms with Crippen LogP contribution in [0.25, 0.3) is 11.0 Å². The number of hydrogen-bond donors (Lipinski definition) is 1. The standard InChI is InChI=1S/C23H25FN4O.C8H7NO3.C2H6/c24-18-13-21-20(26-15-18)5-6-22(29)28(21)12-11-27-9-7-23(8-10-27)16-25-14-17-3-1-2-4-19(17)23;10-5-6-3-7-8(4-9-6)12-2-1-11-7;1-2/h1-6,13,15,25H,7-12,14,16H2;3-5H,1-2H2;1-2H3. The first-order chi connectivity index (χ1) is 21.0. The number of aromatic nitrogens is 3. The minimum atomic E-state index is -0.416. The lowest BCUT2D eigenvalue weighted by Crippen LogP contribution is -2.51. The number of benzene rings is 1. The number of carbonyl (C=O) groups excluding carboxylic acids is 1. The molecule has 0 amide bonds. The molecule has 1 fully saturated rings. The average molecular weight is 588 g/mol. The highest BCUT2D eigenvalue weighted by molar-refractivity contribution is 5.74. The van der Waals surface area contributed by atoms with E-state index in [-0.39, 0.29) is 11.0 Å². The zero-order chi connectivity index (χ0) is 30.2. The number of hydrogen-bond acceptors (Lipinski definition) is 8. The second kappa shape index (κ2) is 13.9. The van der Waals surface area contributed by atoms with Crippen LogP contribution in [-0.4, -0.2) is 65.1 Å². The van der Waals surface area contributed by atoms with E-state index in [1.165, 1.54) is 35.7 Å². The third-order valence-electron chi connectivity index (χ3n) is 8.20. The summed E-state index contributed by atoms with van der Waals surface area (Å²) in [6.07, 6.45) is 5.59. The van der Waals surface area contributed by atoms with Gasteiger partial charge < -0.3 is 24.3 Å². The Kier molecular flexibility index (Phi) is 9.79. The van der Waals surface area contributed by atoms with Crippen LogP contribution in [0.5, 0.6) is 11.5 Å². The zero-order valence-electron chi connectivity index (χ0n) is 24.7. The highest BCUT2D eigenvalue weighted by Gasteiger charge is 2.39. The molecule has 7 rings (SSSR count). The van der Waals surface area contributed by atoms with Gasteiger partial charge in [0.1, 0.15) is 24.7 Å². The lowest BCUT2D eigenvalue weighted by molar-refractivity contribution is 0.111. The summed E-state index contributed by atoms with van der Waals surface area (Å²) in [5.41, 5.74) is 4.61. The van der Waals surface area contributed by atoms with Crippen molar-refractivity contribution in [2.24, 2.45) is 0 Å². The van der Waals surface area contributed by atoms with Crippen LogP contribution in [0.1, 0.15) is 48.3 Å². The molecule has 43 heavy (non-hydrogen) atoms. The molecule has 0 atom stereocenters. The highest BCUT2D eigenvalue weighted by atomic mass is 19.1. The van der Waals surface area contributed by atoms with Crippen LogP contribution in [0.4, 0.5) is 4.39 Å². The van der Waals surface area contributed by atoms with Crippen molar-refractivity contribution in [3.05, 3.63) is 93.9 Å². The van der Waals surface area contributed by atoms with Crippen molar-refractivity contribution in [3.8, 4) is 11.5 Å². The molecule has 4 aromatic rings. The van der Waals surface area contributed by atoms with Gasteiger partial charge in [0.15, 0.2) is 17.8 Å². The fourth-order valence-electron chi connectivity index (χ4n) is 6.02. The van der Waals surface area contributed by atoms with Gasteiger partial charge in [-0.15, -0.1) is 0 Å². The van der Waals surface area contributed by atoms with Crippen LogP contribution < -0.4 is 20.3 Å². The van der Waals surface area contributed by atoms with Crippen LogP contribution in [0.3, 0.4) is 0 Å². The van der Waals surface area contributed by atoms with Gasteiger partial charge in [-0.3, -0.25) is 14.6 Å². The van der Waals surface area contributed by atoms with Crippen molar-refractivity contribution < 1.29 is 18.7 Å². The zero-order valence-corrected chi connectivity index (χ0v) is 24.7. The summed E-state index contributed by atoms with van der Waals surface area (Å²) in [6, 6.07) is 14.9. The van der Waals surface area contributed by atoms with E-state index >= 15 is 0 Å². The van der Waals surface area contributed by atoms with Crippen molar-refractivity contribution in [3.63, 3.8) is 0 Å². The molecular weight excluding hydrogens is 549 g/mol. The van der Waals surface area contributed by atoms with E-state index in [1.807, 2.05) is 13.8 Å². The van der Waals surface area contributed by atoms with Crippen molar-refractivity contribution in [1.29, 1.82) is 0 Å². The summed E-state index contributed by atoms with van der Waals surface area (Å²) in [4.78, 5) is 33.1. The van der Waals surface area contributed by atoms with Gasteiger partial charge in [-0.2, -0.15) is 0 Å². The van der Waals surface area contributed by atoms with Crippen LogP contribution in [0.15, 0.2) is 65.7 Å². The molecule has 3 aliphatic rings. The number of likely N-dealkylation sites (tertiary alicyclic amines) is 1. The van der Waals surface area contributed by atoms with Gasteiger partial charge in [0.2, 0.25) is 0 Å². The van der Waals surface area contributed by atoms with Crippen molar-refractivity contribution in [2.75, 3.05) is 39.4 Å². The number of aldehydes is 1. The molecule has 1 aromatic carbocycles. The average Bonchev–Trinajstić information content (AvgIpc) is 3.06. The molecule has 0 bridgehead atoms. The number of rotatable bonds is 4. The van der Waals surface area contributed by atoms with Crippen molar-refractivity contribution >= 4 is 17.3 Å². The Balaban J connectivity index is 0.000000219. The summed E-state index contributed by atoms with van der Waals surface area (Å²) < 4.78 is 25.8.